The van der Waals surface area contributed by atoms with E-state index in [4.69, 9.17) is 10.5 Å². The summed E-state index contributed by atoms with van der Waals surface area (Å²) in [5.74, 6) is 1.05. The van der Waals surface area contributed by atoms with Gasteiger partial charge in [-0.3, -0.25) is 0 Å². The molecule has 2 aliphatic carbocycles. The monoisotopic (exact) mass is 245 g/mol. The standard InChI is InChI=1S/C16H23NO/c17-14-6-3-7-15(11-14)18-16-9-8-12-4-1-2-5-13(12)10-16/h8-10,14-15H,1-7,11,17H2. The molecule has 2 unspecified atom stereocenters. The van der Waals surface area contributed by atoms with Crippen LogP contribution in [0.25, 0.3) is 0 Å². The average molecular weight is 245 g/mol. The molecule has 1 fully saturated rings. The summed E-state index contributed by atoms with van der Waals surface area (Å²) < 4.78 is 6.11. The fraction of sp³-hybridized carbons (Fsp3) is 0.625. The smallest absolute Gasteiger partial charge is 0.120 e. The van der Waals surface area contributed by atoms with Crippen LogP contribution in [-0.4, -0.2) is 12.1 Å². The molecule has 2 atom stereocenters. The highest BCUT2D eigenvalue weighted by molar-refractivity contribution is 5.37. The second-order valence-corrected chi connectivity index (χ2v) is 5.80. The van der Waals surface area contributed by atoms with Crippen LogP contribution in [-0.2, 0) is 12.8 Å². The van der Waals surface area contributed by atoms with E-state index < -0.39 is 0 Å². The van der Waals surface area contributed by atoms with Gasteiger partial charge in [0.25, 0.3) is 0 Å². The Kier molecular flexibility index (Phi) is 3.55. The molecule has 98 valence electrons. The first-order chi connectivity index (χ1) is 8.81. The van der Waals surface area contributed by atoms with Gasteiger partial charge < -0.3 is 10.5 Å². The minimum Gasteiger partial charge on any atom is -0.490 e. The SMILES string of the molecule is NC1CCCC(Oc2ccc3c(c2)CCCC3)C1. The Labute approximate surface area is 110 Å². The number of nitrogens with two attached hydrogens (primary N) is 1. The molecule has 0 radical (unpaired) electrons. The van der Waals surface area contributed by atoms with Crippen molar-refractivity contribution < 1.29 is 4.74 Å². The number of hydrogen-bond acceptors (Lipinski definition) is 2. The zero-order chi connectivity index (χ0) is 12.4. The van der Waals surface area contributed by atoms with Crippen LogP contribution >= 0.6 is 0 Å². The zero-order valence-electron chi connectivity index (χ0n) is 11.0. The zero-order valence-corrected chi connectivity index (χ0v) is 11.0. The summed E-state index contributed by atoms with van der Waals surface area (Å²) >= 11 is 0. The number of aryl methyl sites for hydroxylation is 2. The fourth-order valence-corrected chi connectivity index (χ4v) is 3.26. The van der Waals surface area contributed by atoms with Gasteiger partial charge in [-0.2, -0.15) is 0 Å². The molecule has 2 N–H and O–H groups in total. The molecule has 18 heavy (non-hydrogen) atoms. The molecule has 2 aliphatic rings. The van der Waals surface area contributed by atoms with Crippen molar-refractivity contribution in [3.8, 4) is 5.75 Å². The van der Waals surface area contributed by atoms with Crippen LogP contribution < -0.4 is 10.5 Å². The lowest BCUT2D eigenvalue weighted by Gasteiger charge is -2.28. The van der Waals surface area contributed by atoms with E-state index in [1.165, 1.54) is 43.2 Å². The molecule has 0 aromatic heterocycles. The molecule has 0 aliphatic heterocycles. The van der Waals surface area contributed by atoms with E-state index in [0.717, 1.165) is 25.0 Å². The van der Waals surface area contributed by atoms with Crippen LogP contribution in [0.4, 0.5) is 0 Å². The molecule has 0 amide bonds. The first-order valence-electron chi connectivity index (χ1n) is 7.35. The predicted molar refractivity (Wildman–Crippen MR) is 73.9 cm³/mol. The van der Waals surface area contributed by atoms with Gasteiger partial charge in [0.05, 0.1) is 0 Å². The molecular weight excluding hydrogens is 222 g/mol. The van der Waals surface area contributed by atoms with Gasteiger partial charge in [0.2, 0.25) is 0 Å². The van der Waals surface area contributed by atoms with E-state index in [1.54, 1.807) is 0 Å². The molecule has 0 heterocycles. The molecule has 2 nitrogen and oxygen atoms in total. The van der Waals surface area contributed by atoms with Gasteiger partial charge in [0, 0.05) is 6.04 Å². The van der Waals surface area contributed by atoms with Crippen molar-refractivity contribution >= 4 is 0 Å². The summed E-state index contributed by atoms with van der Waals surface area (Å²) in [6, 6.07) is 6.99. The van der Waals surface area contributed by atoms with E-state index >= 15 is 0 Å². The van der Waals surface area contributed by atoms with Gasteiger partial charge in [-0.15, -0.1) is 0 Å². The lowest BCUT2D eigenvalue weighted by molar-refractivity contribution is 0.144. The number of hydrogen-bond donors (Lipinski definition) is 1. The van der Waals surface area contributed by atoms with Crippen LogP contribution in [0.2, 0.25) is 0 Å². The second kappa shape index (κ2) is 5.31. The van der Waals surface area contributed by atoms with Gasteiger partial charge >= 0.3 is 0 Å². The largest absolute Gasteiger partial charge is 0.490 e. The highest BCUT2D eigenvalue weighted by Crippen LogP contribution is 2.28. The van der Waals surface area contributed by atoms with Crippen molar-refractivity contribution in [1.29, 1.82) is 0 Å². The topological polar surface area (TPSA) is 35.2 Å². The highest BCUT2D eigenvalue weighted by Gasteiger charge is 2.21. The number of ether oxygens (including phenoxy) is 1. The minimum atomic E-state index is 0.329. The molecule has 1 aromatic carbocycles. The van der Waals surface area contributed by atoms with Crippen LogP contribution in [0.15, 0.2) is 18.2 Å². The van der Waals surface area contributed by atoms with Crippen molar-refractivity contribution in [2.24, 2.45) is 5.73 Å². The van der Waals surface area contributed by atoms with Crippen LogP contribution in [0.5, 0.6) is 5.75 Å². The first kappa shape index (κ1) is 12.0. The summed E-state index contributed by atoms with van der Waals surface area (Å²) in [7, 11) is 0. The van der Waals surface area contributed by atoms with Crippen molar-refractivity contribution in [3.05, 3.63) is 29.3 Å². The van der Waals surface area contributed by atoms with Gasteiger partial charge in [0.1, 0.15) is 11.9 Å². The Hall–Kier alpha value is -1.02. The lowest BCUT2D eigenvalue weighted by atomic mass is 9.91. The Balaban J connectivity index is 1.69. The summed E-state index contributed by atoms with van der Waals surface area (Å²) in [5.41, 5.74) is 9.03. The van der Waals surface area contributed by atoms with Gasteiger partial charge in [-0.1, -0.05) is 6.07 Å². The van der Waals surface area contributed by atoms with E-state index in [0.29, 0.717) is 12.1 Å². The van der Waals surface area contributed by atoms with E-state index in [1.807, 2.05) is 0 Å². The van der Waals surface area contributed by atoms with Crippen molar-refractivity contribution in [2.45, 2.75) is 63.5 Å². The first-order valence-corrected chi connectivity index (χ1v) is 7.35. The quantitative estimate of drug-likeness (QED) is 0.868. The third-order valence-electron chi connectivity index (χ3n) is 4.29. The minimum absolute atomic E-state index is 0.329. The maximum Gasteiger partial charge on any atom is 0.120 e. The normalized spacial score (nSPS) is 27.6. The number of fused-ring (bicyclic) bond motifs is 1. The molecular formula is C16H23NO. The highest BCUT2D eigenvalue weighted by atomic mass is 16.5. The Bertz CT molecular complexity index is 416. The third kappa shape index (κ3) is 2.69. The molecule has 0 spiro atoms. The molecule has 2 heteroatoms. The molecule has 1 aromatic rings. The lowest BCUT2D eigenvalue weighted by Crippen LogP contribution is -2.33. The Morgan fingerprint density at radius 1 is 1.00 bits per heavy atom. The maximum atomic E-state index is 6.11. The van der Waals surface area contributed by atoms with Crippen LogP contribution in [0, 0.1) is 0 Å². The number of rotatable bonds is 2. The third-order valence-corrected chi connectivity index (χ3v) is 4.29. The predicted octanol–water partition coefficient (Wildman–Crippen LogP) is 3.21. The summed E-state index contributed by atoms with van der Waals surface area (Å²) in [6.07, 6.45) is 9.98. The molecule has 0 saturated heterocycles. The van der Waals surface area contributed by atoms with Gasteiger partial charge in [-0.25, -0.2) is 0 Å². The molecule has 1 saturated carbocycles. The summed E-state index contributed by atoms with van der Waals surface area (Å²) in [6.45, 7) is 0. The second-order valence-electron chi connectivity index (χ2n) is 5.80. The van der Waals surface area contributed by atoms with Crippen molar-refractivity contribution in [1.82, 2.24) is 0 Å². The van der Waals surface area contributed by atoms with Crippen molar-refractivity contribution in [2.75, 3.05) is 0 Å². The molecule has 0 bridgehead atoms. The maximum absolute atomic E-state index is 6.11. The Morgan fingerprint density at radius 2 is 1.83 bits per heavy atom. The van der Waals surface area contributed by atoms with Gasteiger partial charge in [-0.05, 0) is 74.6 Å². The fourth-order valence-electron chi connectivity index (χ4n) is 3.26. The summed E-state index contributed by atoms with van der Waals surface area (Å²) in [4.78, 5) is 0. The number of benzene rings is 1. The van der Waals surface area contributed by atoms with Crippen LogP contribution in [0.1, 0.15) is 49.7 Å². The van der Waals surface area contributed by atoms with E-state index in [2.05, 4.69) is 18.2 Å². The van der Waals surface area contributed by atoms with Gasteiger partial charge in [0.15, 0.2) is 0 Å². The van der Waals surface area contributed by atoms with Crippen LogP contribution in [0.3, 0.4) is 0 Å². The molecule has 3 rings (SSSR count). The van der Waals surface area contributed by atoms with Crippen molar-refractivity contribution in [3.63, 3.8) is 0 Å². The summed E-state index contributed by atoms with van der Waals surface area (Å²) in [5, 5.41) is 0. The average Bonchev–Trinajstić information content (AvgIpc) is 2.39. The Morgan fingerprint density at radius 3 is 2.67 bits per heavy atom. The van der Waals surface area contributed by atoms with E-state index in [9.17, 15) is 0 Å². The van der Waals surface area contributed by atoms with E-state index in [-0.39, 0.29) is 0 Å².